The molecule has 0 atom stereocenters. The maximum Gasteiger partial charge on any atom is 0.240 e. The zero-order valence-electron chi connectivity index (χ0n) is 16.5. The minimum atomic E-state index is -0.251. The number of amides is 1. The number of likely N-dealkylation sites (N-methyl/N-ethyl adjacent to an activating group) is 1. The number of hydrogen-bond donors (Lipinski definition) is 2. The monoisotopic (exact) mass is 352 g/mol. The van der Waals surface area contributed by atoms with Crippen LogP contribution in [0.25, 0.3) is 0 Å². The van der Waals surface area contributed by atoms with Gasteiger partial charge in [0, 0.05) is 31.5 Å². The second-order valence-corrected chi connectivity index (χ2v) is 7.34. The molecule has 8 nitrogen and oxygen atoms in total. The van der Waals surface area contributed by atoms with Crippen molar-refractivity contribution >= 4 is 11.9 Å². The molecule has 1 aromatic rings. The number of carbonyl (C=O) groups excluding carboxylic acids is 1. The zero-order valence-corrected chi connectivity index (χ0v) is 16.5. The smallest absolute Gasteiger partial charge is 0.240 e. The lowest BCUT2D eigenvalue weighted by molar-refractivity contribution is -0.122. The molecule has 142 valence electrons. The topological polar surface area (TPSA) is 95.7 Å². The Bertz CT molecular complexity index is 574. The Morgan fingerprint density at radius 1 is 1.36 bits per heavy atom. The van der Waals surface area contributed by atoms with Crippen molar-refractivity contribution in [2.45, 2.75) is 59.4 Å². The van der Waals surface area contributed by atoms with Gasteiger partial charge in [-0.15, -0.1) is 0 Å². The van der Waals surface area contributed by atoms with Gasteiger partial charge in [0.2, 0.25) is 11.8 Å². The number of guanidine groups is 1. The number of rotatable bonds is 7. The van der Waals surface area contributed by atoms with E-state index in [9.17, 15) is 4.79 Å². The number of aliphatic imine (C=N–C) groups is 1. The van der Waals surface area contributed by atoms with Crippen molar-refractivity contribution in [3.63, 3.8) is 0 Å². The number of carbonyl (C=O) groups is 1. The minimum absolute atomic E-state index is 0.0425. The highest BCUT2D eigenvalue weighted by Gasteiger charge is 2.17. The van der Waals surface area contributed by atoms with Crippen molar-refractivity contribution in [3.8, 4) is 0 Å². The third kappa shape index (κ3) is 8.00. The van der Waals surface area contributed by atoms with Crippen LogP contribution in [0.5, 0.6) is 0 Å². The van der Waals surface area contributed by atoms with Gasteiger partial charge in [0.05, 0.1) is 13.1 Å². The Hall–Kier alpha value is -2.12. The standard InChI is InChI=1S/C17H32N6O2/c1-8-18-16(23(7)11-13(24)21-17(4,5)6)19-10-9-14-20-15(12(2)3)22-25-14/h12H,8-11H2,1-7H3,(H,18,19)(H,21,24). The molecule has 0 aliphatic rings. The van der Waals surface area contributed by atoms with E-state index in [4.69, 9.17) is 4.52 Å². The second kappa shape index (κ2) is 9.39. The van der Waals surface area contributed by atoms with Crippen molar-refractivity contribution in [2.75, 3.05) is 26.7 Å². The van der Waals surface area contributed by atoms with Crippen molar-refractivity contribution in [1.82, 2.24) is 25.7 Å². The molecule has 2 N–H and O–H groups in total. The van der Waals surface area contributed by atoms with Gasteiger partial charge in [-0.3, -0.25) is 9.79 Å². The Morgan fingerprint density at radius 2 is 2.04 bits per heavy atom. The van der Waals surface area contributed by atoms with Gasteiger partial charge in [0.15, 0.2) is 11.8 Å². The first-order chi connectivity index (χ1) is 11.6. The van der Waals surface area contributed by atoms with E-state index in [-0.39, 0.29) is 23.9 Å². The first-order valence-corrected chi connectivity index (χ1v) is 8.75. The molecular formula is C17H32N6O2. The van der Waals surface area contributed by atoms with Crippen molar-refractivity contribution in [2.24, 2.45) is 4.99 Å². The van der Waals surface area contributed by atoms with Crippen LogP contribution < -0.4 is 10.6 Å². The minimum Gasteiger partial charge on any atom is -0.357 e. The van der Waals surface area contributed by atoms with E-state index < -0.39 is 0 Å². The predicted molar refractivity (Wildman–Crippen MR) is 98.6 cm³/mol. The Kier molecular flexibility index (Phi) is 7.86. The molecule has 0 aliphatic heterocycles. The fraction of sp³-hybridized carbons (Fsp3) is 0.765. The summed E-state index contributed by atoms with van der Waals surface area (Å²) >= 11 is 0. The third-order valence-electron chi connectivity index (χ3n) is 3.18. The Balaban J connectivity index is 2.61. The van der Waals surface area contributed by atoms with E-state index in [1.165, 1.54) is 0 Å². The lowest BCUT2D eigenvalue weighted by Crippen LogP contribution is -2.48. The Labute approximate surface area is 150 Å². The largest absolute Gasteiger partial charge is 0.357 e. The molecule has 1 heterocycles. The molecule has 0 saturated heterocycles. The average Bonchev–Trinajstić information content (AvgIpc) is 2.93. The van der Waals surface area contributed by atoms with Crippen molar-refractivity contribution in [1.29, 1.82) is 0 Å². The molecule has 0 unspecified atom stereocenters. The molecule has 0 spiro atoms. The number of hydrogen-bond acceptors (Lipinski definition) is 5. The number of aromatic nitrogens is 2. The molecule has 0 radical (unpaired) electrons. The highest BCUT2D eigenvalue weighted by Crippen LogP contribution is 2.09. The molecule has 1 amide bonds. The van der Waals surface area contributed by atoms with Crippen molar-refractivity contribution < 1.29 is 9.32 Å². The molecular weight excluding hydrogens is 320 g/mol. The van der Waals surface area contributed by atoms with Gasteiger partial charge in [0.25, 0.3) is 0 Å². The quantitative estimate of drug-likeness (QED) is 0.571. The number of nitrogens with one attached hydrogen (secondary N) is 2. The van der Waals surface area contributed by atoms with Crippen LogP contribution in [0.2, 0.25) is 0 Å². The first-order valence-electron chi connectivity index (χ1n) is 8.75. The predicted octanol–water partition coefficient (Wildman–Crippen LogP) is 1.55. The zero-order chi connectivity index (χ0) is 19.0. The lowest BCUT2D eigenvalue weighted by Gasteiger charge is -2.25. The van der Waals surface area contributed by atoms with E-state index in [2.05, 4.69) is 25.8 Å². The molecule has 0 saturated carbocycles. The van der Waals surface area contributed by atoms with Crippen LogP contribution in [0.4, 0.5) is 0 Å². The van der Waals surface area contributed by atoms with Crippen molar-refractivity contribution in [3.05, 3.63) is 11.7 Å². The summed E-state index contributed by atoms with van der Waals surface area (Å²) in [6.07, 6.45) is 0.566. The molecule has 0 fully saturated rings. The SMILES string of the molecule is CCNC(=NCCc1nc(C(C)C)no1)N(C)CC(=O)NC(C)(C)C. The summed E-state index contributed by atoms with van der Waals surface area (Å²) in [5.74, 6) is 2.17. The third-order valence-corrected chi connectivity index (χ3v) is 3.18. The van der Waals surface area contributed by atoms with Crippen LogP contribution in [-0.2, 0) is 11.2 Å². The average molecular weight is 352 g/mol. The fourth-order valence-electron chi connectivity index (χ4n) is 2.08. The molecule has 8 heteroatoms. The van der Waals surface area contributed by atoms with Gasteiger partial charge in [-0.2, -0.15) is 4.98 Å². The molecule has 0 bridgehead atoms. The summed E-state index contributed by atoms with van der Waals surface area (Å²) in [6.45, 7) is 13.4. The summed E-state index contributed by atoms with van der Waals surface area (Å²) in [5, 5.41) is 10.1. The molecule has 1 rings (SSSR count). The fourth-order valence-corrected chi connectivity index (χ4v) is 2.08. The van der Waals surface area contributed by atoms with Crippen LogP contribution >= 0.6 is 0 Å². The van der Waals surface area contributed by atoms with Crippen LogP contribution in [0.15, 0.2) is 9.52 Å². The molecule has 25 heavy (non-hydrogen) atoms. The van der Waals surface area contributed by atoms with Crippen LogP contribution in [0, 0.1) is 0 Å². The van der Waals surface area contributed by atoms with E-state index >= 15 is 0 Å². The van der Waals surface area contributed by atoms with Gasteiger partial charge >= 0.3 is 0 Å². The maximum absolute atomic E-state index is 12.1. The van der Waals surface area contributed by atoms with Crippen LogP contribution in [-0.4, -0.2) is 59.1 Å². The van der Waals surface area contributed by atoms with E-state index in [1.54, 1.807) is 4.90 Å². The summed E-state index contributed by atoms with van der Waals surface area (Å²) in [5.41, 5.74) is -0.251. The van der Waals surface area contributed by atoms with Gasteiger partial charge in [0.1, 0.15) is 0 Å². The summed E-state index contributed by atoms with van der Waals surface area (Å²) in [7, 11) is 1.84. The highest BCUT2D eigenvalue weighted by atomic mass is 16.5. The lowest BCUT2D eigenvalue weighted by atomic mass is 10.1. The van der Waals surface area contributed by atoms with E-state index in [1.807, 2.05) is 48.6 Å². The Morgan fingerprint density at radius 3 is 2.56 bits per heavy atom. The first kappa shape index (κ1) is 20.9. The normalized spacial score (nSPS) is 12.4. The van der Waals surface area contributed by atoms with E-state index in [0.29, 0.717) is 30.6 Å². The maximum atomic E-state index is 12.1. The van der Waals surface area contributed by atoms with Gasteiger partial charge in [-0.25, -0.2) is 0 Å². The molecule has 1 aromatic heterocycles. The molecule has 0 aliphatic carbocycles. The second-order valence-electron chi connectivity index (χ2n) is 7.34. The van der Waals surface area contributed by atoms with Crippen LogP contribution in [0.1, 0.15) is 59.2 Å². The van der Waals surface area contributed by atoms with Gasteiger partial charge in [-0.05, 0) is 27.7 Å². The van der Waals surface area contributed by atoms with Crippen LogP contribution in [0.3, 0.4) is 0 Å². The van der Waals surface area contributed by atoms with E-state index in [0.717, 1.165) is 6.54 Å². The summed E-state index contributed by atoms with van der Waals surface area (Å²) in [4.78, 5) is 22.8. The summed E-state index contributed by atoms with van der Waals surface area (Å²) < 4.78 is 5.22. The van der Waals surface area contributed by atoms with Gasteiger partial charge < -0.3 is 20.1 Å². The summed E-state index contributed by atoms with van der Waals surface area (Å²) in [6, 6.07) is 0. The highest BCUT2D eigenvalue weighted by molar-refractivity contribution is 5.86. The number of nitrogens with zero attached hydrogens (tertiary/aromatic N) is 4. The van der Waals surface area contributed by atoms with Gasteiger partial charge in [-0.1, -0.05) is 19.0 Å². The molecule has 0 aromatic carbocycles.